The Morgan fingerprint density at radius 2 is 1.89 bits per heavy atom. The van der Waals surface area contributed by atoms with Crippen LogP contribution < -0.4 is 0 Å². The zero-order valence-electron chi connectivity index (χ0n) is 6.68. The van der Waals surface area contributed by atoms with Crippen LogP contribution in [0.15, 0.2) is 0 Å². The van der Waals surface area contributed by atoms with Crippen LogP contribution in [0.2, 0.25) is 0 Å². The van der Waals surface area contributed by atoms with Gasteiger partial charge in [-0.2, -0.15) is 11.8 Å². The van der Waals surface area contributed by atoms with E-state index in [0.717, 1.165) is 10.5 Å². The van der Waals surface area contributed by atoms with Gasteiger partial charge in [0.1, 0.15) is 0 Å². The highest BCUT2D eigenvalue weighted by Crippen LogP contribution is 2.27. The summed E-state index contributed by atoms with van der Waals surface area (Å²) in [5.41, 5.74) is 0. The van der Waals surface area contributed by atoms with E-state index in [1.165, 1.54) is 5.75 Å². The number of hydrogen-bond donors (Lipinski definition) is 0. The van der Waals surface area contributed by atoms with E-state index >= 15 is 0 Å². The van der Waals surface area contributed by atoms with E-state index in [2.05, 4.69) is 27.0 Å². The summed E-state index contributed by atoms with van der Waals surface area (Å²) in [7, 11) is 0. The second-order valence-electron chi connectivity index (χ2n) is 2.30. The van der Waals surface area contributed by atoms with Gasteiger partial charge in [0.2, 0.25) is 0 Å². The maximum atomic E-state index is 2.28. The summed E-state index contributed by atoms with van der Waals surface area (Å²) >= 11 is 4.01. The van der Waals surface area contributed by atoms with Crippen molar-refractivity contribution in [2.45, 2.75) is 25.4 Å². The molecule has 0 aromatic heterocycles. The third-order valence-corrected chi connectivity index (χ3v) is 4.31. The van der Waals surface area contributed by atoms with Crippen LogP contribution in [0, 0.1) is 5.92 Å². The Bertz CT molecular complexity index is 61.9. The standard InChI is InChI=1S/C7H16S2/c1-5-9-7(8-4)6(2)3/h6-7H,5H2,1-4H3. The van der Waals surface area contributed by atoms with Crippen LogP contribution in [-0.4, -0.2) is 16.6 Å². The van der Waals surface area contributed by atoms with Gasteiger partial charge in [-0.25, -0.2) is 0 Å². The maximum absolute atomic E-state index is 2.28. The molecule has 1 unspecified atom stereocenters. The van der Waals surface area contributed by atoms with Crippen molar-refractivity contribution in [2.75, 3.05) is 12.0 Å². The van der Waals surface area contributed by atoms with Crippen LogP contribution in [0.25, 0.3) is 0 Å². The third-order valence-electron chi connectivity index (χ3n) is 1.11. The van der Waals surface area contributed by atoms with Crippen LogP contribution in [0.1, 0.15) is 20.8 Å². The van der Waals surface area contributed by atoms with Gasteiger partial charge in [0.25, 0.3) is 0 Å². The molecule has 0 rings (SSSR count). The first-order valence-electron chi connectivity index (χ1n) is 3.36. The Balaban J connectivity index is 3.41. The topological polar surface area (TPSA) is 0 Å². The van der Waals surface area contributed by atoms with Crippen LogP contribution >= 0.6 is 23.5 Å². The van der Waals surface area contributed by atoms with Crippen molar-refractivity contribution in [1.29, 1.82) is 0 Å². The van der Waals surface area contributed by atoms with Gasteiger partial charge in [-0.3, -0.25) is 0 Å². The molecule has 56 valence electrons. The van der Waals surface area contributed by atoms with Crippen molar-refractivity contribution in [1.82, 2.24) is 0 Å². The fourth-order valence-electron chi connectivity index (χ4n) is 0.697. The lowest BCUT2D eigenvalue weighted by Gasteiger charge is -2.16. The van der Waals surface area contributed by atoms with E-state index in [9.17, 15) is 0 Å². The number of thioether (sulfide) groups is 2. The predicted molar refractivity (Wildman–Crippen MR) is 50.3 cm³/mol. The lowest BCUT2D eigenvalue weighted by atomic mass is 10.3. The molecule has 0 saturated carbocycles. The molecule has 0 saturated heterocycles. The lowest BCUT2D eigenvalue weighted by molar-refractivity contribution is 0.721. The fraction of sp³-hybridized carbons (Fsp3) is 1.00. The summed E-state index contributed by atoms with van der Waals surface area (Å²) in [6, 6.07) is 0. The van der Waals surface area contributed by atoms with Gasteiger partial charge >= 0.3 is 0 Å². The first-order chi connectivity index (χ1) is 4.22. The van der Waals surface area contributed by atoms with Crippen molar-refractivity contribution < 1.29 is 0 Å². The van der Waals surface area contributed by atoms with Crippen LogP contribution in [0.5, 0.6) is 0 Å². The highest BCUT2D eigenvalue weighted by molar-refractivity contribution is 8.16. The van der Waals surface area contributed by atoms with Gasteiger partial charge in [0.15, 0.2) is 0 Å². The Labute approximate surface area is 67.2 Å². The molecule has 0 spiro atoms. The van der Waals surface area contributed by atoms with Gasteiger partial charge in [0, 0.05) is 0 Å². The van der Waals surface area contributed by atoms with E-state index in [0.29, 0.717) is 0 Å². The minimum atomic E-state index is 0.801. The first-order valence-corrected chi connectivity index (χ1v) is 5.70. The van der Waals surface area contributed by atoms with E-state index in [-0.39, 0.29) is 0 Å². The molecule has 0 nitrogen and oxygen atoms in total. The average molecular weight is 164 g/mol. The fourth-order valence-corrected chi connectivity index (χ4v) is 2.91. The zero-order chi connectivity index (χ0) is 7.28. The van der Waals surface area contributed by atoms with Crippen LogP contribution in [0.4, 0.5) is 0 Å². The SMILES string of the molecule is CCSC(SC)C(C)C. The molecule has 0 aliphatic rings. The van der Waals surface area contributed by atoms with Crippen molar-refractivity contribution in [3.05, 3.63) is 0 Å². The second kappa shape index (κ2) is 5.48. The summed E-state index contributed by atoms with van der Waals surface area (Å²) in [5, 5.41) is 0. The van der Waals surface area contributed by atoms with Crippen LogP contribution in [0.3, 0.4) is 0 Å². The molecule has 0 aliphatic carbocycles. The normalized spacial score (nSPS) is 14.3. The monoisotopic (exact) mass is 164 g/mol. The predicted octanol–water partition coefficient (Wildman–Crippen LogP) is 3.08. The maximum Gasteiger partial charge on any atom is 0.0522 e. The van der Waals surface area contributed by atoms with E-state index in [1.807, 2.05) is 23.5 Å². The Morgan fingerprint density at radius 1 is 1.33 bits per heavy atom. The molecule has 1 atom stereocenters. The molecule has 0 N–H and O–H groups in total. The van der Waals surface area contributed by atoms with E-state index in [4.69, 9.17) is 0 Å². The van der Waals surface area contributed by atoms with Gasteiger partial charge in [-0.1, -0.05) is 20.8 Å². The summed E-state index contributed by atoms with van der Waals surface area (Å²) in [5.74, 6) is 2.05. The van der Waals surface area contributed by atoms with Crippen molar-refractivity contribution in [3.63, 3.8) is 0 Å². The Morgan fingerprint density at radius 3 is 2.00 bits per heavy atom. The molecule has 0 heterocycles. The van der Waals surface area contributed by atoms with E-state index in [1.54, 1.807) is 0 Å². The molecule has 0 radical (unpaired) electrons. The summed E-state index contributed by atoms with van der Waals surface area (Å²) in [4.78, 5) is 0. The molecular weight excluding hydrogens is 148 g/mol. The summed E-state index contributed by atoms with van der Waals surface area (Å²) < 4.78 is 0.801. The van der Waals surface area contributed by atoms with Gasteiger partial charge in [-0.05, 0) is 17.9 Å². The second-order valence-corrected chi connectivity index (χ2v) is 5.00. The zero-order valence-corrected chi connectivity index (χ0v) is 8.31. The number of hydrogen-bond acceptors (Lipinski definition) is 2. The molecule has 0 aromatic carbocycles. The summed E-state index contributed by atoms with van der Waals surface area (Å²) in [6.07, 6.45) is 2.19. The first kappa shape index (κ1) is 9.70. The molecule has 0 amide bonds. The smallest absolute Gasteiger partial charge is 0.0522 e. The average Bonchev–Trinajstić information content (AvgIpc) is 1.82. The van der Waals surface area contributed by atoms with Gasteiger partial charge in [-0.15, -0.1) is 11.8 Å². The highest BCUT2D eigenvalue weighted by atomic mass is 32.2. The summed E-state index contributed by atoms with van der Waals surface area (Å²) in [6.45, 7) is 6.78. The quantitative estimate of drug-likeness (QED) is 0.586. The molecule has 0 aliphatic heterocycles. The van der Waals surface area contributed by atoms with Gasteiger partial charge in [0.05, 0.1) is 4.58 Å². The molecular formula is C7H16S2. The molecule has 0 aromatic rings. The Hall–Kier alpha value is 0.700. The molecule has 0 fully saturated rings. The van der Waals surface area contributed by atoms with Crippen molar-refractivity contribution in [3.8, 4) is 0 Å². The minimum Gasteiger partial charge on any atom is -0.151 e. The minimum absolute atomic E-state index is 0.801. The molecule has 2 heteroatoms. The lowest BCUT2D eigenvalue weighted by Crippen LogP contribution is -2.05. The van der Waals surface area contributed by atoms with Gasteiger partial charge < -0.3 is 0 Å². The Kier molecular flexibility index (Phi) is 5.91. The number of rotatable bonds is 4. The molecule has 0 bridgehead atoms. The largest absolute Gasteiger partial charge is 0.151 e. The highest BCUT2D eigenvalue weighted by Gasteiger charge is 2.09. The van der Waals surface area contributed by atoms with Crippen LogP contribution in [-0.2, 0) is 0 Å². The molecule has 9 heavy (non-hydrogen) atoms. The van der Waals surface area contributed by atoms with Crippen molar-refractivity contribution in [2.24, 2.45) is 5.92 Å². The van der Waals surface area contributed by atoms with E-state index < -0.39 is 0 Å². The third kappa shape index (κ3) is 4.15. The van der Waals surface area contributed by atoms with Crippen molar-refractivity contribution >= 4 is 23.5 Å².